The van der Waals surface area contributed by atoms with Crippen molar-refractivity contribution in [3.8, 4) is 11.5 Å². The normalized spacial score (nSPS) is 18.6. The van der Waals surface area contributed by atoms with Crippen molar-refractivity contribution in [3.63, 3.8) is 0 Å². The molecule has 0 bridgehead atoms. The van der Waals surface area contributed by atoms with E-state index in [2.05, 4.69) is 4.72 Å². The predicted molar refractivity (Wildman–Crippen MR) is 68.9 cm³/mol. The summed E-state index contributed by atoms with van der Waals surface area (Å²) in [4.78, 5) is 0. The van der Waals surface area contributed by atoms with Crippen molar-refractivity contribution in [2.75, 3.05) is 24.8 Å². The molecule has 0 saturated heterocycles. The molecule has 1 unspecified atom stereocenters. The monoisotopic (exact) mass is 291 g/mol. The number of sulfonamides is 1. The smallest absolute Gasteiger partial charge is 0.212 e. The molecule has 100 valence electrons. The van der Waals surface area contributed by atoms with Gasteiger partial charge in [-0.05, 0) is 12.1 Å². The van der Waals surface area contributed by atoms with Crippen LogP contribution in [0.15, 0.2) is 24.3 Å². The van der Waals surface area contributed by atoms with E-state index in [-0.39, 0.29) is 24.3 Å². The number of halogens is 1. The van der Waals surface area contributed by atoms with Crippen LogP contribution in [0.2, 0.25) is 0 Å². The summed E-state index contributed by atoms with van der Waals surface area (Å²) in [6, 6.07) is 7.28. The van der Waals surface area contributed by atoms with Crippen molar-refractivity contribution in [2.24, 2.45) is 0 Å². The van der Waals surface area contributed by atoms with Gasteiger partial charge in [0.05, 0.1) is 12.3 Å². The zero-order chi connectivity index (χ0) is 13.0. The second kappa shape index (κ2) is 5.77. The van der Waals surface area contributed by atoms with Crippen LogP contribution in [0.4, 0.5) is 0 Å². The van der Waals surface area contributed by atoms with Gasteiger partial charge in [-0.15, -0.1) is 11.6 Å². The lowest BCUT2D eigenvalue weighted by molar-refractivity contribution is 0.0943. The first-order valence-electron chi connectivity index (χ1n) is 5.52. The Hall–Kier alpha value is -0.980. The number of benzene rings is 1. The van der Waals surface area contributed by atoms with Crippen molar-refractivity contribution < 1.29 is 17.9 Å². The Morgan fingerprint density at radius 3 is 2.78 bits per heavy atom. The Morgan fingerprint density at radius 2 is 2.06 bits per heavy atom. The molecule has 1 aliphatic heterocycles. The number of fused-ring (bicyclic) bond motifs is 1. The molecule has 1 aromatic rings. The molecule has 0 amide bonds. The van der Waals surface area contributed by atoms with Crippen LogP contribution in [0.1, 0.15) is 0 Å². The highest BCUT2D eigenvalue weighted by Crippen LogP contribution is 2.30. The Morgan fingerprint density at radius 1 is 1.33 bits per heavy atom. The van der Waals surface area contributed by atoms with Gasteiger partial charge in [-0.25, -0.2) is 13.1 Å². The molecule has 2 rings (SSSR count). The van der Waals surface area contributed by atoms with E-state index in [9.17, 15) is 8.42 Å². The summed E-state index contributed by atoms with van der Waals surface area (Å²) in [5.41, 5.74) is 0. The van der Waals surface area contributed by atoms with Gasteiger partial charge in [0.2, 0.25) is 10.0 Å². The summed E-state index contributed by atoms with van der Waals surface area (Å²) in [6.07, 6.45) is -0.329. The SMILES string of the molecule is O=S(=O)(CCCl)NCC1COc2ccccc2O1. The summed E-state index contributed by atoms with van der Waals surface area (Å²) in [6.45, 7) is 0.494. The van der Waals surface area contributed by atoms with E-state index < -0.39 is 10.0 Å². The molecule has 1 aliphatic rings. The number of hydrogen-bond donors (Lipinski definition) is 1. The Balaban J connectivity index is 1.91. The van der Waals surface area contributed by atoms with Gasteiger partial charge in [0.1, 0.15) is 12.7 Å². The summed E-state index contributed by atoms with van der Waals surface area (Å²) in [5.74, 6) is 1.28. The lowest BCUT2D eigenvalue weighted by Crippen LogP contribution is -2.41. The number of ether oxygens (including phenoxy) is 2. The van der Waals surface area contributed by atoms with Crippen molar-refractivity contribution >= 4 is 21.6 Å². The molecular formula is C11H14ClNO4S. The van der Waals surface area contributed by atoms with Gasteiger partial charge in [-0.1, -0.05) is 12.1 Å². The minimum atomic E-state index is -3.33. The van der Waals surface area contributed by atoms with Crippen LogP contribution in [0.5, 0.6) is 11.5 Å². The highest BCUT2D eigenvalue weighted by Gasteiger charge is 2.22. The Bertz CT molecular complexity index is 506. The molecule has 1 aromatic carbocycles. The summed E-state index contributed by atoms with van der Waals surface area (Å²) in [5, 5.41) is 0. The van der Waals surface area contributed by atoms with E-state index in [1.807, 2.05) is 18.2 Å². The second-order valence-corrected chi connectivity index (χ2v) is 6.16. The van der Waals surface area contributed by atoms with Gasteiger partial charge in [-0.2, -0.15) is 0 Å². The molecule has 1 atom stereocenters. The molecule has 0 spiro atoms. The third-order valence-corrected chi connectivity index (χ3v) is 4.21. The highest BCUT2D eigenvalue weighted by atomic mass is 35.5. The van der Waals surface area contributed by atoms with Crippen LogP contribution in [0.25, 0.3) is 0 Å². The molecule has 7 heteroatoms. The van der Waals surface area contributed by atoms with Crippen LogP contribution < -0.4 is 14.2 Å². The number of hydrogen-bond acceptors (Lipinski definition) is 4. The number of para-hydroxylation sites is 2. The zero-order valence-corrected chi connectivity index (χ0v) is 11.2. The lowest BCUT2D eigenvalue weighted by atomic mass is 10.2. The fourth-order valence-electron chi connectivity index (χ4n) is 1.56. The van der Waals surface area contributed by atoms with Crippen LogP contribution in [-0.2, 0) is 10.0 Å². The molecule has 1 N–H and O–H groups in total. The fraction of sp³-hybridized carbons (Fsp3) is 0.455. The topological polar surface area (TPSA) is 64.6 Å². The molecule has 0 saturated carbocycles. The first kappa shape index (κ1) is 13.5. The molecule has 0 fully saturated rings. The van der Waals surface area contributed by atoms with Crippen molar-refractivity contribution in [3.05, 3.63) is 24.3 Å². The second-order valence-electron chi connectivity index (χ2n) is 3.85. The summed E-state index contributed by atoms with van der Waals surface area (Å²) in [7, 11) is -3.33. The number of alkyl halides is 1. The largest absolute Gasteiger partial charge is 0.486 e. The lowest BCUT2D eigenvalue weighted by Gasteiger charge is -2.26. The minimum absolute atomic E-state index is 0.0696. The van der Waals surface area contributed by atoms with E-state index in [0.717, 1.165) is 0 Å². The summed E-state index contributed by atoms with van der Waals surface area (Å²) >= 11 is 5.40. The van der Waals surface area contributed by atoms with E-state index in [1.54, 1.807) is 6.07 Å². The maximum atomic E-state index is 11.4. The van der Waals surface area contributed by atoms with Gasteiger partial charge < -0.3 is 9.47 Å². The Kier molecular flexibility index (Phi) is 4.31. The quantitative estimate of drug-likeness (QED) is 0.822. The first-order valence-corrected chi connectivity index (χ1v) is 7.71. The van der Waals surface area contributed by atoms with E-state index in [0.29, 0.717) is 18.1 Å². The third-order valence-electron chi connectivity index (χ3n) is 2.44. The highest BCUT2D eigenvalue weighted by molar-refractivity contribution is 7.89. The van der Waals surface area contributed by atoms with Crippen LogP contribution in [-0.4, -0.2) is 39.3 Å². The average Bonchev–Trinajstić information content (AvgIpc) is 2.36. The molecular weight excluding hydrogens is 278 g/mol. The molecule has 0 aromatic heterocycles. The first-order chi connectivity index (χ1) is 8.61. The van der Waals surface area contributed by atoms with E-state index in [4.69, 9.17) is 21.1 Å². The summed E-state index contributed by atoms with van der Waals surface area (Å²) < 4.78 is 36.4. The van der Waals surface area contributed by atoms with Gasteiger partial charge in [0, 0.05) is 5.88 Å². The Labute approximate surface area is 111 Å². The number of nitrogens with one attached hydrogen (secondary N) is 1. The standard InChI is InChI=1S/C11H14ClNO4S/c12-5-6-18(14,15)13-7-9-8-16-10-3-1-2-4-11(10)17-9/h1-4,9,13H,5-8H2. The predicted octanol–water partition coefficient (Wildman–Crippen LogP) is 0.985. The van der Waals surface area contributed by atoms with E-state index >= 15 is 0 Å². The molecule has 0 aliphatic carbocycles. The van der Waals surface area contributed by atoms with Gasteiger partial charge in [0.25, 0.3) is 0 Å². The fourth-order valence-corrected chi connectivity index (χ4v) is 2.95. The van der Waals surface area contributed by atoms with Crippen LogP contribution >= 0.6 is 11.6 Å². The molecule has 1 heterocycles. The van der Waals surface area contributed by atoms with Gasteiger partial charge in [0.15, 0.2) is 11.5 Å². The zero-order valence-electron chi connectivity index (χ0n) is 9.63. The van der Waals surface area contributed by atoms with E-state index in [1.165, 1.54) is 0 Å². The third kappa shape index (κ3) is 3.51. The molecule has 18 heavy (non-hydrogen) atoms. The molecule has 5 nitrogen and oxygen atoms in total. The number of rotatable bonds is 5. The van der Waals surface area contributed by atoms with Gasteiger partial charge >= 0.3 is 0 Å². The average molecular weight is 292 g/mol. The van der Waals surface area contributed by atoms with Crippen molar-refractivity contribution in [1.29, 1.82) is 0 Å². The maximum absolute atomic E-state index is 11.4. The molecule has 0 radical (unpaired) electrons. The van der Waals surface area contributed by atoms with Crippen LogP contribution in [0, 0.1) is 0 Å². The minimum Gasteiger partial charge on any atom is -0.486 e. The van der Waals surface area contributed by atoms with Crippen molar-refractivity contribution in [2.45, 2.75) is 6.10 Å². The maximum Gasteiger partial charge on any atom is 0.212 e. The van der Waals surface area contributed by atoms with Crippen LogP contribution in [0.3, 0.4) is 0 Å². The van der Waals surface area contributed by atoms with Crippen molar-refractivity contribution in [1.82, 2.24) is 4.72 Å². The van der Waals surface area contributed by atoms with Gasteiger partial charge in [-0.3, -0.25) is 0 Å².